The Morgan fingerprint density at radius 2 is 2.31 bits per heavy atom. The van der Waals surface area contributed by atoms with E-state index in [1.165, 1.54) is 4.88 Å². The summed E-state index contributed by atoms with van der Waals surface area (Å²) in [5.41, 5.74) is 6.88. The summed E-state index contributed by atoms with van der Waals surface area (Å²) < 4.78 is 0. The molecule has 2 N–H and O–H groups in total. The maximum Gasteiger partial charge on any atom is 0.180 e. The average molecular weight is 232 g/mol. The first-order valence-electron chi connectivity index (χ1n) is 5.23. The van der Waals surface area contributed by atoms with Gasteiger partial charge in [-0.1, -0.05) is 6.07 Å². The molecule has 0 bridgehead atoms. The van der Waals surface area contributed by atoms with Gasteiger partial charge in [-0.25, -0.2) is 9.97 Å². The van der Waals surface area contributed by atoms with Gasteiger partial charge in [-0.3, -0.25) is 0 Å². The van der Waals surface area contributed by atoms with E-state index in [2.05, 4.69) is 14.9 Å². The molecule has 0 saturated heterocycles. The molecule has 2 aromatic heterocycles. The molecule has 3 rings (SSSR count). The van der Waals surface area contributed by atoms with Crippen LogP contribution < -0.4 is 10.6 Å². The van der Waals surface area contributed by atoms with E-state index >= 15 is 0 Å². The first-order chi connectivity index (χ1) is 7.83. The summed E-state index contributed by atoms with van der Waals surface area (Å²) in [4.78, 5) is 12.2. The van der Waals surface area contributed by atoms with Crippen LogP contribution in [0, 0.1) is 0 Å². The van der Waals surface area contributed by atoms with Crippen molar-refractivity contribution < 1.29 is 0 Å². The van der Waals surface area contributed by atoms with E-state index < -0.39 is 0 Å². The fourth-order valence-corrected chi connectivity index (χ4v) is 2.85. The molecule has 4 nitrogen and oxygen atoms in total. The Hall–Kier alpha value is -1.62. The fourth-order valence-electron chi connectivity index (χ4n) is 1.95. The monoisotopic (exact) mass is 232 g/mol. The lowest BCUT2D eigenvalue weighted by atomic mass is 10.2. The molecular formula is C11H12N4S. The van der Waals surface area contributed by atoms with Gasteiger partial charge in [-0.15, -0.1) is 11.3 Å². The summed E-state index contributed by atoms with van der Waals surface area (Å²) in [5.74, 6) is 1.03. The number of fused-ring (bicyclic) bond motifs is 1. The molecule has 3 heterocycles. The van der Waals surface area contributed by atoms with Crippen molar-refractivity contribution in [3.8, 4) is 0 Å². The van der Waals surface area contributed by atoms with E-state index in [4.69, 9.17) is 5.73 Å². The van der Waals surface area contributed by atoms with Gasteiger partial charge in [0.2, 0.25) is 0 Å². The highest BCUT2D eigenvalue weighted by atomic mass is 32.1. The molecule has 0 amide bonds. The van der Waals surface area contributed by atoms with Crippen LogP contribution in [0.5, 0.6) is 0 Å². The summed E-state index contributed by atoms with van der Waals surface area (Å²) in [7, 11) is 0. The number of nitrogens with zero attached hydrogens (tertiary/aromatic N) is 3. The van der Waals surface area contributed by atoms with Crippen molar-refractivity contribution in [3.63, 3.8) is 0 Å². The van der Waals surface area contributed by atoms with Crippen LogP contribution in [0.4, 0.5) is 10.9 Å². The number of thiazole rings is 1. The number of pyridine rings is 1. The molecule has 0 saturated carbocycles. The normalized spacial score (nSPS) is 14.9. The molecule has 0 unspecified atom stereocenters. The van der Waals surface area contributed by atoms with Crippen molar-refractivity contribution in [3.05, 3.63) is 35.0 Å². The minimum atomic E-state index is 0.674. The van der Waals surface area contributed by atoms with Gasteiger partial charge in [0, 0.05) is 24.0 Å². The Labute approximate surface area is 97.8 Å². The number of nitrogens with two attached hydrogens (primary N) is 1. The molecular weight excluding hydrogens is 220 g/mol. The number of rotatable bonds is 1. The van der Waals surface area contributed by atoms with Gasteiger partial charge in [0.1, 0.15) is 5.82 Å². The summed E-state index contributed by atoms with van der Waals surface area (Å²) in [6.07, 6.45) is 2.78. The highest BCUT2D eigenvalue weighted by Crippen LogP contribution is 2.28. The minimum absolute atomic E-state index is 0.674. The van der Waals surface area contributed by atoms with Crippen LogP contribution in [-0.4, -0.2) is 16.5 Å². The van der Waals surface area contributed by atoms with Crippen LogP contribution in [0.1, 0.15) is 10.6 Å². The number of aromatic nitrogens is 2. The number of nitrogen functional groups attached to an aromatic ring is 1. The van der Waals surface area contributed by atoms with Gasteiger partial charge in [-0.2, -0.15) is 0 Å². The van der Waals surface area contributed by atoms with Gasteiger partial charge in [0.15, 0.2) is 5.13 Å². The van der Waals surface area contributed by atoms with Crippen LogP contribution in [0.25, 0.3) is 0 Å². The Morgan fingerprint density at radius 3 is 3.12 bits per heavy atom. The molecule has 0 radical (unpaired) electrons. The third-order valence-electron chi connectivity index (χ3n) is 2.72. The smallest absolute Gasteiger partial charge is 0.180 e. The topological polar surface area (TPSA) is 55.0 Å². The van der Waals surface area contributed by atoms with Gasteiger partial charge in [0.05, 0.1) is 12.2 Å². The maximum absolute atomic E-state index is 5.72. The van der Waals surface area contributed by atoms with Gasteiger partial charge >= 0.3 is 0 Å². The predicted molar refractivity (Wildman–Crippen MR) is 65.5 cm³/mol. The summed E-state index contributed by atoms with van der Waals surface area (Å²) >= 11 is 1.59. The van der Waals surface area contributed by atoms with Crippen molar-refractivity contribution in [2.24, 2.45) is 0 Å². The minimum Gasteiger partial charge on any atom is -0.375 e. The predicted octanol–water partition coefficient (Wildman–Crippen LogP) is 1.68. The third kappa shape index (κ3) is 1.63. The molecule has 0 spiro atoms. The molecule has 1 aliphatic rings. The fraction of sp³-hybridized carbons (Fsp3) is 0.273. The van der Waals surface area contributed by atoms with E-state index in [0.29, 0.717) is 5.13 Å². The molecule has 16 heavy (non-hydrogen) atoms. The Balaban J connectivity index is 1.88. The lowest BCUT2D eigenvalue weighted by molar-refractivity contribution is 0.719. The second-order valence-corrected chi connectivity index (χ2v) is 4.90. The molecule has 0 atom stereocenters. The van der Waals surface area contributed by atoms with E-state index in [-0.39, 0.29) is 0 Å². The van der Waals surface area contributed by atoms with Crippen molar-refractivity contribution >= 4 is 22.3 Å². The molecule has 0 aliphatic carbocycles. The van der Waals surface area contributed by atoms with Crippen LogP contribution >= 0.6 is 11.3 Å². The molecule has 2 aromatic rings. The van der Waals surface area contributed by atoms with E-state index in [9.17, 15) is 0 Å². The van der Waals surface area contributed by atoms with E-state index in [1.54, 1.807) is 11.3 Å². The van der Waals surface area contributed by atoms with Gasteiger partial charge in [0.25, 0.3) is 0 Å². The Kier molecular flexibility index (Phi) is 2.25. The Morgan fingerprint density at radius 1 is 1.38 bits per heavy atom. The zero-order chi connectivity index (χ0) is 11.0. The number of hydrogen-bond donors (Lipinski definition) is 1. The lowest BCUT2D eigenvalue weighted by Gasteiger charge is -2.26. The third-order valence-corrected chi connectivity index (χ3v) is 3.63. The summed E-state index contributed by atoms with van der Waals surface area (Å²) in [5, 5.41) is 0.674. The van der Waals surface area contributed by atoms with E-state index in [1.807, 2.05) is 24.4 Å². The van der Waals surface area contributed by atoms with Crippen LogP contribution in [0.2, 0.25) is 0 Å². The standard InChI is InChI=1S/C11H12N4S/c12-11-14-8-4-6-15(7-9(8)16-11)10-3-1-2-5-13-10/h1-3,5H,4,6-7H2,(H2,12,14). The van der Waals surface area contributed by atoms with Crippen molar-refractivity contribution in [2.45, 2.75) is 13.0 Å². The lowest BCUT2D eigenvalue weighted by Crippen LogP contribution is -2.30. The van der Waals surface area contributed by atoms with Crippen molar-refractivity contribution in [2.75, 3.05) is 17.2 Å². The maximum atomic E-state index is 5.72. The van der Waals surface area contributed by atoms with Crippen molar-refractivity contribution in [1.82, 2.24) is 9.97 Å². The second-order valence-electron chi connectivity index (χ2n) is 3.78. The molecule has 1 aliphatic heterocycles. The largest absolute Gasteiger partial charge is 0.375 e. The molecule has 0 fully saturated rings. The first-order valence-corrected chi connectivity index (χ1v) is 6.04. The summed E-state index contributed by atoms with van der Waals surface area (Å²) in [6.45, 7) is 1.84. The zero-order valence-corrected chi connectivity index (χ0v) is 9.57. The molecule has 5 heteroatoms. The zero-order valence-electron chi connectivity index (χ0n) is 8.76. The van der Waals surface area contributed by atoms with Crippen molar-refractivity contribution in [1.29, 1.82) is 0 Å². The Bertz CT molecular complexity index is 494. The van der Waals surface area contributed by atoms with Crippen LogP contribution in [0.15, 0.2) is 24.4 Å². The van der Waals surface area contributed by atoms with Crippen LogP contribution in [0.3, 0.4) is 0 Å². The van der Waals surface area contributed by atoms with Crippen LogP contribution in [-0.2, 0) is 13.0 Å². The average Bonchev–Trinajstić information content (AvgIpc) is 2.69. The quantitative estimate of drug-likeness (QED) is 0.812. The highest BCUT2D eigenvalue weighted by molar-refractivity contribution is 7.15. The molecule has 0 aromatic carbocycles. The SMILES string of the molecule is Nc1nc2c(s1)CN(c1ccccn1)CC2. The summed E-state index contributed by atoms with van der Waals surface area (Å²) in [6, 6.07) is 5.98. The first kappa shape index (κ1) is 9.59. The number of anilines is 2. The highest BCUT2D eigenvalue weighted by Gasteiger charge is 2.20. The second kappa shape index (κ2) is 3.75. The van der Waals surface area contributed by atoms with Gasteiger partial charge in [-0.05, 0) is 12.1 Å². The van der Waals surface area contributed by atoms with Gasteiger partial charge < -0.3 is 10.6 Å². The molecule has 82 valence electrons. The van der Waals surface area contributed by atoms with E-state index in [0.717, 1.165) is 31.0 Å². The number of hydrogen-bond acceptors (Lipinski definition) is 5.